The molecule has 0 saturated heterocycles. The molecule has 0 N–H and O–H groups in total. The Hall–Kier alpha value is -3.15. The summed E-state index contributed by atoms with van der Waals surface area (Å²) in [6, 6.07) is 15.7. The van der Waals surface area contributed by atoms with Gasteiger partial charge in [-0.3, -0.25) is 9.59 Å². The molecule has 0 heterocycles. The summed E-state index contributed by atoms with van der Waals surface area (Å²) in [4.78, 5) is 39.8. The lowest BCUT2D eigenvalue weighted by atomic mass is 10.1. The predicted octanol–water partition coefficient (Wildman–Crippen LogP) is 2.88. The predicted molar refractivity (Wildman–Crippen MR) is 100 cm³/mol. The molecule has 0 fully saturated rings. The van der Waals surface area contributed by atoms with Crippen molar-refractivity contribution in [3.63, 3.8) is 0 Å². The molecule has 0 spiro atoms. The summed E-state index contributed by atoms with van der Waals surface area (Å²) in [7, 11) is 1.65. The Labute approximate surface area is 153 Å². The normalized spacial score (nSPS) is 10.1. The van der Waals surface area contributed by atoms with Crippen molar-refractivity contribution in [3.8, 4) is 0 Å². The maximum Gasteiger partial charge on any atom is 0.340 e. The molecule has 2 rings (SSSR count). The van der Waals surface area contributed by atoms with Gasteiger partial charge in [-0.25, -0.2) is 4.79 Å². The average molecular weight is 354 g/mol. The highest BCUT2D eigenvalue weighted by Crippen LogP contribution is 2.22. The van der Waals surface area contributed by atoms with Gasteiger partial charge >= 0.3 is 5.97 Å². The molecule has 6 nitrogen and oxygen atoms in total. The molecule has 0 atom stereocenters. The monoisotopic (exact) mass is 354 g/mol. The zero-order valence-electron chi connectivity index (χ0n) is 15.1. The molecule has 26 heavy (non-hydrogen) atoms. The van der Waals surface area contributed by atoms with Crippen LogP contribution in [-0.4, -0.2) is 38.0 Å². The SMILES string of the molecule is CCOC(=O)c1ccccc1N(CC(=O)N(C)c1ccccc1)C(C)=O. The minimum atomic E-state index is -0.529. The number of hydrogen-bond donors (Lipinski definition) is 0. The second kappa shape index (κ2) is 8.80. The third-order valence-electron chi connectivity index (χ3n) is 3.88. The Kier molecular flexibility index (Phi) is 6.49. The molecule has 0 aliphatic rings. The molecule has 0 aliphatic heterocycles. The Morgan fingerprint density at radius 3 is 2.19 bits per heavy atom. The number of benzene rings is 2. The molecule has 0 aliphatic carbocycles. The Balaban J connectivity index is 2.29. The topological polar surface area (TPSA) is 66.9 Å². The van der Waals surface area contributed by atoms with Crippen LogP contribution in [0.15, 0.2) is 54.6 Å². The van der Waals surface area contributed by atoms with E-state index in [4.69, 9.17) is 4.74 Å². The number of likely N-dealkylation sites (N-methyl/N-ethyl adjacent to an activating group) is 1. The van der Waals surface area contributed by atoms with Gasteiger partial charge in [-0.1, -0.05) is 30.3 Å². The standard InChI is InChI=1S/C20H22N2O4/c1-4-26-20(25)17-12-8-9-13-18(17)22(15(2)23)14-19(24)21(3)16-10-6-5-7-11-16/h5-13H,4,14H2,1-3H3. The fourth-order valence-electron chi connectivity index (χ4n) is 2.49. The average Bonchev–Trinajstić information content (AvgIpc) is 2.66. The Morgan fingerprint density at radius 2 is 1.58 bits per heavy atom. The van der Waals surface area contributed by atoms with Gasteiger partial charge in [-0.15, -0.1) is 0 Å². The van der Waals surface area contributed by atoms with Gasteiger partial charge in [0.1, 0.15) is 6.54 Å². The summed E-state index contributed by atoms with van der Waals surface area (Å²) in [5.74, 6) is -1.14. The number of carbonyl (C=O) groups excluding carboxylic acids is 3. The van der Waals surface area contributed by atoms with E-state index >= 15 is 0 Å². The summed E-state index contributed by atoms with van der Waals surface area (Å²) in [6.07, 6.45) is 0. The first-order valence-corrected chi connectivity index (χ1v) is 8.31. The largest absolute Gasteiger partial charge is 0.462 e. The zero-order valence-corrected chi connectivity index (χ0v) is 15.1. The van der Waals surface area contributed by atoms with Crippen molar-refractivity contribution in [2.45, 2.75) is 13.8 Å². The molecule has 136 valence electrons. The lowest BCUT2D eigenvalue weighted by molar-refractivity contribution is -0.121. The summed E-state index contributed by atoms with van der Waals surface area (Å²) >= 11 is 0. The molecule has 2 aromatic rings. The van der Waals surface area contributed by atoms with Crippen molar-refractivity contribution in [3.05, 3.63) is 60.2 Å². The first-order valence-electron chi connectivity index (χ1n) is 8.31. The van der Waals surface area contributed by atoms with E-state index in [0.29, 0.717) is 5.69 Å². The molecule has 6 heteroatoms. The quantitative estimate of drug-likeness (QED) is 0.748. The van der Waals surface area contributed by atoms with Crippen LogP contribution in [0.5, 0.6) is 0 Å². The second-order valence-electron chi connectivity index (χ2n) is 5.63. The van der Waals surface area contributed by atoms with Gasteiger partial charge in [0.15, 0.2) is 0 Å². The van der Waals surface area contributed by atoms with Gasteiger partial charge in [-0.2, -0.15) is 0 Å². The first kappa shape index (κ1) is 19.2. The number of rotatable bonds is 6. The minimum Gasteiger partial charge on any atom is -0.462 e. The lowest BCUT2D eigenvalue weighted by Gasteiger charge is -2.25. The number of anilines is 2. The molecule has 0 saturated carbocycles. The number of nitrogens with zero attached hydrogens (tertiary/aromatic N) is 2. The number of hydrogen-bond acceptors (Lipinski definition) is 4. The summed E-state index contributed by atoms with van der Waals surface area (Å²) in [6.45, 7) is 3.11. The van der Waals surface area contributed by atoms with Gasteiger partial charge in [0.05, 0.1) is 17.9 Å². The van der Waals surface area contributed by atoms with Crippen molar-refractivity contribution >= 4 is 29.2 Å². The fraction of sp³-hybridized carbons (Fsp3) is 0.250. The van der Waals surface area contributed by atoms with Crippen molar-refractivity contribution in [2.24, 2.45) is 0 Å². The number of esters is 1. The van der Waals surface area contributed by atoms with E-state index in [0.717, 1.165) is 5.69 Å². The van der Waals surface area contributed by atoms with Crippen LogP contribution >= 0.6 is 0 Å². The highest BCUT2D eigenvalue weighted by molar-refractivity contribution is 6.06. The number of para-hydroxylation sites is 2. The van der Waals surface area contributed by atoms with Crippen LogP contribution in [0.1, 0.15) is 24.2 Å². The molecule has 2 amide bonds. The van der Waals surface area contributed by atoms with E-state index in [1.165, 1.54) is 16.7 Å². The molecular weight excluding hydrogens is 332 g/mol. The van der Waals surface area contributed by atoms with Crippen LogP contribution in [0.2, 0.25) is 0 Å². The Morgan fingerprint density at radius 1 is 0.962 bits per heavy atom. The Bertz CT molecular complexity index is 789. The second-order valence-corrected chi connectivity index (χ2v) is 5.63. The molecular formula is C20H22N2O4. The third-order valence-corrected chi connectivity index (χ3v) is 3.88. The maximum atomic E-state index is 12.7. The van der Waals surface area contributed by atoms with Crippen LogP contribution in [-0.2, 0) is 14.3 Å². The minimum absolute atomic E-state index is 0.183. The molecule has 0 aromatic heterocycles. The lowest BCUT2D eigenvalue weighted by Crippen LogP contribution is -2.41. The summed E-state index contributed by atoms with van der Waals surface area (Å²) < 4.78 is 5.05. The van der Waals surface area contributed by atoms with Gasteiger partial charge < -0.3 is 14.5 Å². The zero-order chi connectivity index (χ0) is 19.1. The van der Waals surface area contributed by atoms with Crippen LogP contribution < -0.4 is 9.80 Å². The number of ether oxygens (including phenoxy) is 1. The molecule has 0 radical (unpaired) electrons. The van der Waals surface area contributed by atoms with E-state index in [2.05, 4.69) is 0 Å². The number of carbonyl (C=O) groups is 3. The molecule has 2 aromatic carbocycles. The third kappa shape index (κ3) is 4.47. The van der Waals surface area contributed by atoms with E-state index in [1.54, 1.807) is 38.2 Å². The smallest absolute Gasteiger partial charge is 0.340 e. The van der Waals surface area contributed by atoms with Crippen LogP contribution in [0.4, 0.5) is 11.4 Å². The van der Waals surface area contributed by atoms with E-state index in [9.17, 15) is 14.4 Å². The summed E-state index contributed by atoms with van der Waals surface area (Å²) in [5.41, 5.74) is 1.33. The van der Waals surface area contributed by atoms with E-state index < -0.39 is 5.97 Å². The van der Waals surface area contributed by atoms with Crippen molar-refractivity contribution in [1.29, 1.82) is 0 Å². The van der Waals surface area contributed by atoms with Gasteiger partial charge in [0.2, 0.25) is 11.8 Å². The molecule has 0 bridgehead atoms. The van der Waals surface area contributed by atoms with Crippen molar-refractivity contribution in [1.82, 2.24) is 0 Å². The van der Waals surface area contributed by atoms with E-state index in [-0.39, 0.29) is 30.5 Å². The van der Waals surface area contributed by atoms with Gasteiger partial charge in [0.25, 0.3) is 0 Å². The van der Waals surface area contributed by atoms with Crippen LogP contribution in [0.3, 0.4) is 0 Å². The summed E-state index contributed by atoms with van der Waals surface area (Å²) in [5, 5.41) is 0. The van der Waals surface area contributed by atoms with Crippen LogP contribution in [0, 0.1) is 0 Å². The van der Waals surface area contributed by atoms with Gasteiger partial charge in [0, 0.05) is 19.7 Å². The van der Waals surface area contributed by atoms with Crippen molar-refractivity contribution < 1.29 is 19.1 Å². The van der Waals surface area contributed by atoms with Crippen LogP contribution in [0.25, 0.3) is 0 Å². The highest BCUT2D eigenvalue weighted by atomic mass is 16.5. The highest BCUT2D eigenvalue weighted by Gasteiger charge is 2.23. The number of amides is 2. The van der Waals surface area contributed by atoms with E-state index in [1.807, 2.05) is 30.3 Å². The first-order chi connectivity index (χ1) is 12.5. The molecule has 0 unspecified atom stereocenters. The van der Waals surface area contributed by atoms with Crippen molar-refractivity contribution in [2.75, 3.05) is 30.0 Å². The van der Waals surface area contributed by atoms with Gasteiger partial charge in [-0.05, 0) is 31.2 Å². The maximum absolute atomic E-state index is 12.7. The fourth-order valence-corrected chi connectivity index (χ4v) is 2.49.